The molecule has 2 rings (SSSR count). The van der Waals surface area contributed by atoms with Gasteiger partial charge in [0.05, 0.1) is 5.69 Å². The third-order valence-electron chi connectivity index (χ3n) is 3.16. The molecule has 1 aromatic rings. The van der Waals surface area contributed by atoms with Crippen LogP contribution in [0.1, 0.15) is 19.3 Å². The molecule has 0 radical (unpaired) electrons. The topological polar surface area (TPSA) is 50.4 Å². The monoisotopic (exact) mass is 294 g/mol. The van der Waals surface area contributed by atoms with Crippen molar-refractivity contribution >= 4 is 23.5 Å². The maximum atomic E-state index is 11.8. The molecular weight excluding hydrogens is 272 g/mol. The van der Waals surface area contributed by atoms with Gasteiger partial charge in [-0.15, -0.1) is 11.8 Å². The van der Waals surface area contributed by atoms with Gasteiger partial charge in [-0.2, -0.15) is 0 Å². The lowest BCUT2D eigenvalue weighted by atomic mass is 10.3. The van der Waals surface area contributed by atoms with Gasteiger partial charge >= 0.3 is 6.03 Å². The first-order chi connectivity index (χ1) is 9.79. The molecule has 20 heavy (non-hydrogen) atoms. The first-order valence-electron chi connectivity index (χ1n) is 7.05. The summed E-state index contributed by atoms with van der Waals surface area (Å²) >= 11 is 1.62. The Hall–Kier alpha value is -1.20. The van der Waals surface area contributed by atoms with Crippen LogP contribution in [0.3, 0.4) is 0 Å². The molecule has 110 valence electrons. The molecule has 2 amide bonds. The molecule has 4 nitrogen and oxygen atoms in total. The number of rotatable bonds is 8. The first kappa shape index (κ1) is 15.2. The van der Waals surface area contributed by atoms with E-state index in [4.69, 9.17) is 4.74 Å². The van der Waals surface area contributed by atoms with Crippen LogP contribution in [0.25, 0.3) is 0 Å². The predicted molar refractivity (Wildman–Crippen MR) is 83.4 cm³/mol. The summed E-state index contributed by atoms with van der Waals surface area (Å²) in [5.41, 5.74) is 0.850. The van der Waals surface area contributed by atoms with Crippen LogP contribution >= 0.6 is 11.8 Å². The van der Waals surface area contributed by atoms with Gasteiger partial charge in [-0.3, -0.25) is 0 Å². The average molecular weight is 294 g/mol. The number of carbonyl (C=O) groups excluding carboxylic acids is 1. The third-order valence-corrected chi connectivity index (χ3v) is 3.95. The highest BCUT2D eigenvalue weighted by Crippen LogP contribution is 2.28. The number of urea groups is 1. The zero-order chi connectivity index (χ0) is 14.2. The van der Waals surface area contributed by atoms with Crippen LogP contribution in [0.2, 0.25) is 0 Å². The SMILES string of the molecule is CSc1ccccc1NC(=O)NCCCOCC1CC1. The highest BCUT2D eigenvalue weighted by Gasteiger charge is 2.20. The predicted octanol–water partition coefficient (Wildman–Crippen LogP) is 3.35. The van der Waals surface area contributed by atoms with Crippen molar-refractivity contribution in [1.29, 1.82) is 0 Å². The van der Waals surface area contributed by atoms with E-state index < -0.39 is 0 Å². The van der Waals surface area contributed by atoms with E-state index >= 15 is 0 Å². The number of nitrogens with one attached hydrogen (secondary N) is 2. The number of thioether (sulfide) groups is 1. The van der Waals surface area contributed by atoms with Crippen LogP contribution in [0.15, 0.2) is 29.2 Å². The number of hydrogen-bond acceptors (Lipinski definition) is 3. The molecule has 0 aromatic heterocycles. The minimum absolute atomic E-state index is 0.159. The molecule has 0 bridgehead atoms. The summed E-state index contributed by atoms with van der Waals surface area (Å²) in [6.07, 6.45) is 5.48. The number of ether oxygens (including phenoxy) is 1. The maximum Gasteiger partial charge on any atom is 0.319 e. The maximum absolute atomic E-state index is 11.8. The highest BCUT2D eigenvalue weighted by molar-refractivity contribution is 7.98. The van der Waals surface area contributed by atoms with Crippen molar-refractivity contribution in [2.75, 3.05) is 31.3 Å². The van der Waals surface area contributed by atoms with Crippen molar-refractivity contribution in [1.82, 2.24) is 5.32 Å². The molecule has 5 heteroatoms. The Labute approximate surface area is 124 Å². The van der Waals surface area contributed by atoms with Gasteiger partial charge in [0, 0.05) is 24.7 Å². The Morgan fingerprint density at radius 2 is 2.20 bits per heavy atom. The van der Waals surface area contributed by atoms with Crippen molar-refractivity contribution < 1.29 is 9.53 Å². The summed E-state index contributed by atoms with van der Waals surface area (Å²) in [5, 5.41) is 5.72. The van der Waals surface area contributed by atoms with Gasteiger partial charge in [0.2, 0.25) is 0 Å². The fraction of sp³-hybridized carbons (Fsp3) is 0.533. The van der Waals surface area contributed by atoms with E-state index in [2.05, 4.69) is 10.6 Å². The minimum atomic E-state index is -0.159. The van der Waals surface area contributed by atoms with Crippen LogP contribution in [-0.2, 0) is 4.74 Å². The van der Waals surface area contributed by atoms with Crippen LogP contribution in [-0.4, -0.2) is 32.0 Å². The molecule has 1 aliphatic carbocycles. The third kappa shape index (κ3) is 5.43. The second kappa shape index (κ2) is 8.17. The first-order valence-corrected chi connectivity index (χ1v) is 8.27. The number of hydrogen-bond donors (Lipinski definition) is 2. The Kier molecular flexibility index (Phi) is 6.21. The van der Waals surface area contributed by atoms with Crippen molar-refractivity contribution in [3.05, 3.63) is 24.3 Å². The standard InChI is InChI=1S/C15H22N2O2S/c1-20-14-6-3-2-5-13(14)17-15(18)16-9-4-10-19-11-12-7-8-12/h2-3,5-6,12H,4,7-11H2,1H3,(H2,16,17,18). The van der Waals surface area contributed by atoms with Crippen molar-refractivity contribution in [3.8, 4) is 0 Å². The molecule has 1 aromatic carbocycles. The normalized spacial score (nSPS) is 14.1. The summed E-state index contributed by atoms with van der Waals surface area (Å²) in [5.74, 6) is 0.800. The number of para-hydroxylation sites is 1. The number of benzene rings is 1. The number of amides is 2. The van der Waals surface area contributed by atoms with Crippen molar-refractivity contribution in [2.24, 2.45) is 5.92 Å². The molecule has 0 saturated heterocycles. The highest BCUT2D eigenvalue weighted by atomic mass is 32.2. The van der Waals surface area contributed by atoms with Gasteiger partial charge in [0.25, 0.3) is 0 Å². The fourth-order valence-corrected chi connectivity index (χ4v) is 2.38. The average Bonchev–Trinajstić information content (AvgIpc) is 3.27. The zero-order valence-corrected chi connectivity index (χ0v) is 12.7. The summed E-state index contributed by atoms with van der Waals surface area (Å²) in [7, 11) is 0. The van der Waals surface area contributed by atoms with E-state index in [0.717, 1.165) is 36.1 Å². The van der Waals surface area contributed by atoms with Gasteiger partial charge in [0.1, 0.15) is 0 Å². The summed E-state index contributed by atoms with van der Waals surface area (Å²) in [6, 6.07) is 7.62. The second-order valence-corrected chi connectivity index (χ2v) is 5.80. The van der Waals surface area contributed by atoms with Gasteiger partial charge in [-0.1, -0.05) is 12.1 Å². The van der Waals surface area contributed by atoms with Gasteiger partial charge in [-0.05, 0) is 43.6 Å². The Balaban J connectivity index is 1.59. The van der Waals surface area contributed by atoms with Gasteiger partial charge in [0.15, 0.2) is 0 Å². The smallest absolute Gasteiger partial charge is 0.319 e. The summed E-state index contributed by atoms with van der Waals surface area (Å²) in [6.45, 7) is 2.24. The lowest BCUT2D eigenvalue weighted by Crippen LogP contribution is -2.30. The quantitative estimate of drug-likeness (QED) is 0.571. The van der Waals surface area contributed by atoms with E-state index in [1.807, 2.05) is 30.5 Å². The Bertz CT molecular complexity index is 436. The molecule has 0 unspecified atom stereocenters. The lowest BCUT2D eigenvalue weighted by molar-refractivity contribution is 0.122. The Morgan fingerprint density at radius 1 is 1.40 bits per heavy atom. The van der Waals surface area contributed by atoms with E-state index in [1.54, 1.807) is 11.8 Å². The van der Waals surface area contributed by atoms with Crippen molar-refractivity contribution in [2.45, 2.75) is 24.2 Å². The van der Waals surface area contributed by atoms with Crippen LogP contribution in [0, 0.1) is 5.92 Å². The van der Waals surface area contributed by atoms with Gasteiger partial charge < -0.3 is 15.4 Å². The summed E-state index contributed by atoms with van der Waals surface area (Å²) in [4.78, 5) is 12.8. The van der Waals surface area contributed by atoms with E-state index in [1.165, 1.54) is 12.8 Å². The molecule has 2 N–H and O–H groups in total. The van der Waals surface area contributed by atoms with Gasteiger partial charge in [-0.25, -0.2) is 4.79 Å². The second-order valence-electron chi connectivity index (χ2n) is 4.95. The molecular formula is C15H22N2O2S. The molecule has 0 aliphatic heterocycles. The van der Waals surface area contributed by atoms with E-state index in [0.29, 0.717) is 6.54 Å². The molecule has 1 fully saturated rings. The van der Waals surface area contributed by atoms with E-state index in [-0.39, 0.29) is 6.03 Å². The molecule has 1 aliphatic rings. The van der Waals surface area contributed by atoms with Crippen LogP contribution in [0.4, 0.5) is 10.5 Å². The summed E-state index contributed by atoms with van der Waals surface area (Å²) < 4.78 is 5.52. The zero-order valence-electron chi connectivity index (χ0n) is 11.9. The fourth-order valence-electron chi connectivity index (χ4n) is 1.83. The number of anilines is 1. The van der Waals surface area contributed by atoms with Crippen LogP contribution in [0.5, 0.6) is 0 Å². The van der Waals surface area contributed by atoms with Crippen LogP contribution < -0.4 is 10.6 Å². The number of carbonyl (C=O) groups is 1. The molecule has 0 atom stereocenters. The molecule has 0 spiro atoms. The van der Waals surface area contributed by atoms with Crippen molar-refractivity contribution in [3.63, 3.8) is 0 Å². The molecule has 0 heterocycles. The van der Waals surface area contributed by atoms with E-state index in [9.17, 15) is 4.79 Å². The molecule has 1 saturated carbocycles. The Morgan fingerprint density at radius 3 is 2.95 bits per heavy atom. The lowest BCUT2D eigenvalue weighted by Gasteiger charge is -2.10. The minimum Gasteiger partial charge on any atom is -0.381 e. The largest absolute Gasteiger partial charge is 0.381 e.